The van der Waals surface area contributed by atoms with Crippen molar-refractivity contribution in [3.8, 4) is 5.75 Å². The number of hydrogen-bond acceptors (Lipinski definition) is 4. The summed E-state index contributed by atoms with van der Waals surface area (Å²) in [7, 11) is 1.57. The van der Waals surface area contributed by atoms with Gasteiger partial charge in [0.05, 0.1) is 22.7 Å². The van der Waals surface area contributed by atoms with E-state index in [0.29, 0.717) is 21.5 Å². The first-order valence-corrected chi connectivity index (χ1v) is 8.14. The van der Waals surface area contributed by atoms with Crippen LogP contribution in [0.5, 0.6) is 5.75 Å². The van der Waals surface area contributed by atoms with Crippen LogP contribution in [0.2, 0.25) is 5.02 Å². The summed E-state index contributed by atoms with van der Waals surface area (Å²) in [4.78, 5) is 16.9. The van der Waals surface area contributed by atoms with Crippen molar-refractivity contribution in [3.63, 3.8) is 0 Å². The third-order valence-corrected chi connectivity index (χ3v) is 4.41. The summed E-state index contributed by atoms with van der Waals surface area (Å²) in [6.45, 7) is 0. The number of ether oxygens (including phenoxy) is 1. The Morgan fingerprint density at radius 2 is 2.08 bits per heavy atom. The van der Waals surface area contributed by atoms with E-state index in [9.17, 15) is 9.18 Å². The number of nitrogens with zero attached hydrogens (tertiary/aromatic N) is 1. The summed E-state index contributed by atoms with van der Waals surface area (Å²) >= 11 is 6.93. The largest absolute Gasteiger partial charge is 0.496 e. The van der Waals surface area contributed by atoms with Gasteiger partial charge in [0.1, 0.15) is 11.6 Å². The SMILES string of the molecule is COc1ccccc1C=C1SC(=Nc2ccc(F)c(Cl)c2)NC1=O. The molecule has 1 aliphatic heterocycles. The van der Waals surface area contributed by atoms with E-state index in [-0.39, 0.29) is 10.9 Å². The second-order valence-corrected chi connectivity index (χ2v) is 6.26. The lowest BCUT2D eigenvalue weighted by Gasteiger charge is -2.03. The van der Waals surface area contributed by atoms with Gasteiger partial charge >= 0.3 is 0 Å². The van der Waals surface area contributed by atoms with Crippen LogP contribution in [-0.4, -0.2) is 18.2 Å². The Balaban J connectivity index is 1.86. The molecule has 2 aromatic rings. The molecule has 4 nitrogen and oxygen atoms in total. The molecule has 0 spiro atoms. The first kappa shape index (κ1) is 16.5. The van der Waals surface area contributed by atoms with E-state index in [0.717, 1.165) is 5.56 Å². The maximum atomic E-state index is 13.2. The lowest BCUT2D eigenvalue weighted by Crippen LogP contribution is -2.19. The Morgan fingerprint density at radius 1 is 1.29 bits per heavy atom. The van der Waals surface area contributed by atoms with Gasteiger partial charge in [-0.05, 0) is 42.1 Å². The lowest BCUT2D eigenvalue weighted by atomic mass is 10.2. The standard InChI is InChI=1S/C17H12ClFN2O2S/c1-23-14-5-3-2-4-10(14)8-15-16(22)21-17(24-15)20-11-6-7-13(19)12(18)9-11/h2-9H,1H3,(H,20,21,22). The van der Waals surface area contributed by atoms with E-state index in [1.54, 1.807) is 13.2 Å². The second-order valence-electron chi connectivity index (χ2n) is 4.82. The number of nitrogens with one attached hydrogen (secondary N) is 1. The van der Waals surface area contributed by atoms with Gasteiger partial charge in [0.2, 0.25) is 0 Å². The predicted octanol–water partition coefficient (Wildman–Crippen LogP) is 4.38. The van der Waals surface area contributed by atoms with Gasteiger partial charge < -0.3 is 10.1 Å². The number of amidine groups is 1. The third-order valence-electron chi connectivity index (χ3n) is 3.21. The van der Waals surface area contributed by atoms with Crippen LogP contribution in [0.25, 0.3) is 6.08 Å². The van der Waals surface area contributed by atoms with Crippen LogP contribution in [0.15, 0.2) is 52.4 Å². The smallest absolute Gasteiger partial charge is 0.264 e. The van der Waals surface area contributed by atoms with Gasteiger partial charge in [-0.25, -0.2) is 9.38 Å². The molecular weight excluding hydrogens is 351 g/mol. The Labute approximate surface area is 147 Å². The Bertz CT molecular complexity index is 867. The van der Waals surface area contributed by atoms with Gasteiger partial charge in [0.25, 0.3) is 5.91 Å². The number of methoxy groups -OCH3 is 1. The molecule has 0 unspecified atom stereocenters. The van der Waals surface area contributed by atoms with Crippen molar-refractivity contribution in [2.75, 3.05) is 7.11 Å². The number of rotatable bonds is 3. The molecule has 1 amide bonds. The van der Waals surface area contributed by atoms with Gasteiger partial charge in [-0.1, -0.05) is 29.8 Å². The highest BCUT2D eigenvalue weighted by Crippen LogP contribution is 2.31. The van der Waals surface area contributed by atoms with Crippen LogP contribution in [0.4, 0.5) is 10.1 Å². The van der Waals surface area contributed by atoms with Crippen molar-refractivity contribution in [1.82, 2.24) is 5.32 Å². The van der Waals surface area contributed by atoms with Crippen molar-refractivity contribution >= 4 is 46.2 Å². The van der Waals surface area contributed by atoms with E-state index in [1.165, 1.54) is 30.0 Å². The predicted molar refractivity (Wildman–Crippen MR) is 95.2 cm³/mol. The molecule has 1 fully saturated rings. The Hall–Kier alpha value is -2.31. The van der Waals surface area contributed by atoms with Crippen molar-refractivity contribution in [1.29, 1.82) is 0 Å². The summed E-state index contributed by atoms with van der Waals surface area (Å²) in [6.07, 6.45) is 1.74. The summed E-state index contributed by atoms with van der Waals surface area (Å²) in [5.74, 6) is -0.0903. The second kappa shape index (κ2) is 7.07. The molecule has 7 heteroatoms. The topological polar surface area (TPSA) is 50.7 Å². The highest BCUT2D eigenvalue weighted by atomic mass is 35.5. The molecule has 2 aromatic carbocycles. The zero-order chi connectivity index (χ0) is 17.1. The Kier molecular flexibility index (Phi) is 4.87. The minimum Gasteiger partial charge on any atom is -0.496 e. The molecule has 1 N–H and O–H groups in total. The number of hydrogen-bond donors (Lipinski definition) is 1. The fourth-order valence-corrected chi connectivity index (χ4v) is 3.09. The number of carbonyl (C=O) groups is 1. The summed E-state index contributed by atoms with van der Waals surface area (Å²) in [5, 5.41) is 3.06. The maximum absolute atomic E-state index is 13.2. The summed E-state index contributed by atoms with van der Waals surface area (Å²) < 4.78 is 18.4. The van der Waals surface area contributed by atoms with Crippen LogP contribution in [-0.2, 0) is 4.79 Å². The molecule has 0 bridgehead atoms. The first-order chi connectivity index (χ1) is 11.6. The van der Waals surface area contributed by atoms with Crippen LogP contribution >= 0.6 is 23.4 Å². The third kappa shape index (κ3) is 3.60. The number of para-hydroxylation sites is 1. The molecule has 0 radical (unpaired) electrons. The van der Waals surface area contributed by atoms with Gasteiger partial charge in [-0.15, -0.1) is 0 Å². The van der Waals surface area contributed by atoms with E-state index >= 15 is 0 Å². The highest BCUT2D eigenvalue weighted by Gasteiger charge is 2.24. The number of benzene rings is 2. The summed E-state index contributed by atoms with van der Waals surface area (Å²) in [5.41, 5.74) is 1.26. The van der Waals surface area contributed by atoms with Crippen LogP contribution in [0.3, 0.4) is 0 Å². The highest BCUT2D eigenvalue weighted by molar-refractivity contribution is 8.18. The summed E-state index contributed by atoms with van der Waals surface area (Å²) in [6, 6.07) is 11.5. The number of amides is 1. The molecule has 1 saturated heterocycles. The van der Waals surface area contributed by atoms with Gasteiger partial charge in [-0.3, -0.25) is 4.79 Å². The van der Waals surface area contributed by atoms with E-state index in [2.05, 4.69) is 10.3 Å². The molecule has 0 aliphatic carbocycles. The van der Waals surface area contributed by atoms with Crippen molar-refractivity contribution in [2.24, 2.45) is 4.99 Å². The van der Waals surface area contributed by atoms with Crippen LogP contribution < -0.4 is 10.1 Å². The molecule has 3 rings (SSSR count). The van der Waals surface area contributed by atoms with Gasteiger partial charge in [-0.2, -0.15) is 0 Å². The minimum absolute atomic E-state index is 0.0176. The number of aliphatic imine (C=N–C) groups is 1. The first-order valence-electron chi connectivity index (χ1n) is 6.94. The lowest BCUT2D eigenvalue weighted by molar-refractivity contribution is -0.115. The van der Waals surface area contributed by atoms with E-state index < -0.39 is 5.82 Å². The molecule has 0 saturated carbocycles. The molecule has 0 aromatic heterocycles. The fraction of sp³-hybridized carbons (Fsp3) is 0.0588. The molecule has 1 heterocycles. The van der Waals surface area contributed by atoms with Crippen LogP contribution in [0, 0.1) is 5.82 Å². The van der Waals surface area contributed by atoms with E-state index in [4.69, 9.17) is 16.3 Å². The fourth-order valence-electron chi connectivity index (χ4n) is 2.08. The van der Waals surface area contributed by atoms with Gasteiger partial charge in [0.15, 0.2) is 5.17 Å². The number of carbonyl (C=O) groups excluding carboxylic acids is 1. The number of thioether (sulfide) groups is 1. The minimum atomic E-state index is -0.513. The van der Waals surface area contributed by atoms with Crippen molar-refractivity contribution < 1.29 is 13.9 Å². The average molecular weight is 363 g/mol. The maximum Gasteiger partial charge on any atom is 0.264 e. The average Bonchev–Trinajstić information content (AvgIpc) is 2.91. The quantitative estimate of drug-likeness (QED) is 0.824. The molecular formula is C17H12ClFN2O2S. The zero-order valence-electron chi connectivity index (χ0n) is 12.5. The molecule has 1 aliphatic rings. The zero-order valence-corrected chi connectivity index (χ0v) is 14.1. The molecule has 24 heavy (non-hydrogen) atoms. The normalized spacial score (nSPS) is 17.4. The van der Waals surface area contributed by atoms with Crippen molar-refractivity contribution in [2.45, 2.75) is 0 Å². The van der Waals surface area contributed by atoms with E-state index in [1.807, 2.05) is 24.3 Å². The number of halogens is 2. The van der Waals surface area contributed by atoms with Crippen LogP contribution in [0.1, 0.15) is 5.56 Å². The monoisotopic (exact) mass is 362 g/mol. The van der Waals surface area contributed by atoms with Gasteiger partial charge in [0, 0.05) is 5.56 Å². The Morgan fingerprint density at radius 3 is 2.83 bits per heavy atom. The van der Waals surface area contributed by atoms with Crippen molar-refractivity contribution in [3.05, 3.63) is 63.8 Å². The molecule has 0 atom stereocenters. The molecule has 122 valence electrons.